The second-order valence-electron chi connectivity index (χ2n) is 6.05. The maximum atomic E-state index is 12.7. The number of rotatable bonds is 8. The monoisotopic (exact) mass is 423 g/mol. The predicted molar refractivity (Wildman–Crippen MR) is 109 cm³/mol. The Kier molecular flexibility index (Phi) is 6.06. The number of aromatic nitrogens is 4. The van der Waals surface area contributed by atoms with E-state index in [0.29, 0.717) is 39.8 Å². The molecule has 0 fully saturated rings. The van der Waals surface area contributed by atoms with Crippen LogP contribution in [0.5, 0.6) is 5.75 Å². The first-order valence-corrected chi connectivity index (χ1v) is 9.77. The summed E-state index contributed by atoms with van der Waals surface area (Å²) in [5.74, 6) is 0.804. The van der Waals surface area contributed by atoms with Gasteiger partial charge in [0.2, 0.25) is 11.0 Å². The summed E-state index contributed by atoms with van der Waals surface area (Å²) in [5.41, 5.74) is 1.20. The maximum Gasteiger partial charge on any atom is 0.264 e. The zero-order valence-corrected chi connectivity index (χ0v) is 16.8. The summed E-state index contributed by atoms with van der Waals surface area (Å²) in [7, 11) is 1.57. The number of nitrogens with zero attached hydrogens (tertiary/aromatic N) is 4. The maximum absolute atomic E-state index is 12.7. The molecule has 0 radical (unpaired) electrons. The SMILES string of the molecule is COCc1nnc(NC(=O)c2ccccc2OCc2nc(-c3ccccc3)no2)s1. The van der Waals surface area contributed by atoms with Gasteiger partial charge in [0.15, 0.2) is 6.61 Å². The van der Waals surface area contributed by atoms with E-state index in [2.05, 4.69) is 25.7 Å². The van der Waals surface area contributed by atoms with Crippen LogP contribution >= 0.6 is 11.3 Å². The van der Waals surface area contributed by atoms with E-state index in [1.165, 1.54) is 11.3 Å². The summed E-state index contributed by atoms with van der Waals surface area (Å²) in [4.78, 5) is 17.0. The molecule has 1 N–H and O–H groups in total. The molecule has 0 aliphatic carbocycles. The van der Waals surface area contributed by atoms with Gasteiger partial charge in [0.1, 0.15) is 17.4 Å². The molecule has 0 aliphatic heterocycles. The molecule has 0 aliphatic rings. The van der Waals surface area contributed by atoms with Crippen LogP contribution in [-0.4, -0.2) is 33.4 Å². The van der Waals surface area contributed by atoms with Gasteiger partial charge in [-0.3, -0.25) is 10.1 Å². The van der Waals surface area contributed by atoms with Crippen LogP contribution in [0.4, 0.5) is 5.13 Å². The molecule has 10 heteroatoms. The van der Waals surface area contributed by atoms with Crippen molar-refractivity contribution in [2.75, 3.05) is 12.4 Å². The van der Waals surface area contributed by atoms with Crippen molar-refractivity contribution in [2.45, 2.75) is 13.2 Å². The first-order valence-electron chi connectivity index (χ1n) is 8.95. The Morgan fingerprint density at radius 3 is 2.70 bits per heavy atom. The average Bonchev–Trinajstić information content (AvgIpc) is 3.43. The molecule has 0 bridgehead atoms. The third-order valence-electron chi connectivity index (χ3n) is 3.94. The topological polar surface area (TPSA) is 112 Å². The number of hydrogen-bond donors (Lipinski definition) is 1. The Labute approximate surface area is 175 Å². The first kappa shape index (κ1) is 19.7. The molecule has 152 valence electrons. The fraction of sp³-hybridized carbons (Fsp3) is 0.150. The second-order valence-corrected chi connectivity index (χ2v) is 7.11. The van der Waals surface area contributed by atoms with E-state index in [1.54, 1.807) is 31.4 Å². The molecule has 4 rings (SSSR count). The Hall–Kier alpha value is -3.63. The highest BCUT2D eigenvalue weighted by Gasteiger charge is 2.16. The quantitative estimate of drug-likeness (QED) is 0.458. The van der Waals surface area contributed by atoms with Gasteiger partial charge in [-0.05, 0) is 12.1 Å². The van der Waals surface area contributed by atoms with Crippen molar-refractivity contribution in [2.24, 2.45) is 0 Å². The van der Waals surface area contributed by atoms with Crippen LogP contribution < -0.4 is 10.1 Å². The molecular weight excluding hydrogens is 406 g/mol. The van der Waals surface area contributed by atoms with Gasteiger partial charge in [-0.2, -0.15) is 4.98 Å². The van der Waals surface area contributed by atoms with Gasteiger partial charge >= 0.3 is 0 Å². The van der Waals surface area contributed by atoms with Gasteiger partial charge < -0.3 is 14.0 Å². The molecule has 9 nitrogen and oxygen atoms in total. The van der Waals surface area contributed by atoms with Gasteiger partial charge in [-0.25, -0.2) is 0 Å². The van der Waals surface area contributed by atoms with E-state index in [4.69, 9.17) is 14.0 Å². The zero-order valence-electron chi connectivity index (χ0n) is 15.9. The molecule has 0 saturated heterocycles. The number of hydrogen-bond acceptors (Lipinski definition) is 9. The molecule has 0 saturated carbocycles. The number of amides is 1. The lowest BCUT2D eigenvalue weighted by molar-refractivity contribution is 0.102. The largest absolute Gasteiger partial charge is 0.483 e. The molecule has 30 heavy (non-hydrogen) atoms. The minimum Gasteiger partial charge on any atom is -0.483 e. The number of methoxy groups -OCH3 is 1. The lowest BCUT2D eigenvalue weighted by Gasteiger charge is -2.09. The molecule has 0 atom stereocenters. The summed E-state index contributed by atoms with van der Waals surface area (Å²) in [6, 6.07) is 16.4. The Balaban J connectivity index is 1.43. The van der Waals surface area contributed by atoms with Crippen molar-refractivity contribution >= 4 is 22.4 Å². The normalized spacial score (nSPS) is 10.7. The van der Waals surface area contributed by atoms with Crippen LogP contribution in [0.1, 0.15) is 21.3 Å². The first-order chi connectivity index (χ1) is 14.7. The van der Waals surface area contributed by atoms with E-state index in [-0.39, 0.29) is 12.5 Å². The van der Waals surface area contributed by atoms with Crippen molar-refractivity contribution in [3.05, 3.63) is 71.1 Å². The highest BCUT2D eigenvalue weighted by molar-refractivity contribution is 7.15. The van der Waals surface area contributed by atoms with Crippen molar-refractivity contribution < 1.29 is 18.8 Å². The average molecular weight is 423 g/mol. The van der Waals surface area contributed by atoms with E-state index in [9.17, 15) is 4.79 Å². The Morgan fingerprint density at radius 1 is 1.07 bits per heavy atom. The van der Waals surface area contributed by atoms with Gasteiger partial charge in [-0.15, -0.1) is 10.2 Å². The molecule has 0 spiro atoms. The number of carbonyl (C=O) groups is 1. The zero-order chi connectivity index (χ0) is 20.8. The van der Waals surface area contributed by atoms with E-state index in [1.807, 2.05) is 30.3 Å². The molecular formula is C20H17N5O4S. The van der Waals surface area contributed by atoms with Crippen LogP contribution in [0.15, 0.2) is 59.1 Å². The fourth-order valence-corrected chi connectivity index (χ4v) is 3.29. The standard InChI is InChI=1S/C20H17N5O4S/c1-27-12-17-23-24-20(30-17)22-19(26)14-9-5-6-10-15(14)28-11-16-21-18(25-29-16)13-7-3-2-4-8-13/h2-10H,11-12H2,1H3,(H,22,24,26). The van der Waals surface area contributed by atoms with Crippen molar-refractivity contribution in [3.8, 4) is 17.1 Å². The van der Waals surface area contributed by atoms with Crippen molar-refractivity contribution in [1.82, 2.24) is 20.3 Å². The minimum absolute atomic E-state index is 0.0287. The number of para-hydroxylation sites is 1. The van der Waals surface area contributed by atoms with E-state index in [0.717, 1.165) is 5.56 Å². The highest BCUT2D eigenvalue weighted by Crippen LogP contribution is 2.23. The van der Waals surface area contributed by atoms with Crippen LogP contribution in [0.3, 0.4) is 0 Å². The third kappa shape index (κ3) is 4.67. The van der Waals surface area contributed by atoms with Gasteiger partial charge in [-0.1, -0.05) is 59.0 Å². The Bertz CT molecular complexity index is 1130. The number of nitrogens with one attached hydrogen (secondary N) is 1. The van der Waals surface area contributed by atoms with Crippen LogP contribution in [-0.2, 0) is 18.0 Å². The van der Waals surface area contributed by atoms with Gasteiger partial charge in [0, 0.05) is 12.7 Å². The number of carbonyl (C=O) groups excluding carboxylic acids is 1. The van der Waals surface area contributed by atoms with Crippen molar-refractivity contribution in [1.29, 1.82) is 0 Å². The fourth-order valence-electron chi connectivity index (χ4n) is 2.59. The minimum atomic E-state index is -0.360. The predicted octanol–water partition coefficient (Wildman–Crippen LogP) is 3.57. The summed E-state index contributed by atoms with van der Waals surface area (Å²) < 4.78 is 16.0. The van der Waals surface area contributed by atoms with Crippen LogP contribution in [0, 0.1) is 0 Å². The van der Waals surface area contributed by atoms with Gasteiger partial charge in [0.05, 0.1) is 5.56 Å². The van der Waals surface area contributed by atoms with Crippen molar-refractivity contribution in [3.63, 3.8) is 0 Å². The summed E-state index contributed by atoms with van der Waals surface area (Å²) in [6.45, 7) is 0.364. The molecule has 2 aromatic carbocycles. The molecule has 2 aromatic heterocycles. The van der Waals surface area contributed by atoms with Crippen LogP contribution in [0.2, 0.25) is 0 Å². The number of anilines is 1. The smallest absolute Gasteiger partial charge is 0.264 e. The summed E-state index contributed by atoms with van der Waals surface area (Å²) >= 11 is 1.24. The summed E-state index contributed by atoms with van der Waals surface area (Å²) in [6.07, 6.45) is 0. The lowest BCUT2D eigenvalue weighted by Crippen LogP contribution is -2.13. The summed E-state index contributed by atoms with van der Waals surface area (Å²) in [5, 5.41) is 15.6. The Morgan fingerprint density at radius 2 is 1.87 bits per heavy atom. The number of benzene rings is 2. The van der Waals surface area contributed by atoms with Crippen LogP contribution in [0.25, 0.3) is 11.4 Å². The lowest BCUT2D eigenvalue weighted by atomic mass is 10.2. The van der Waals surface area contributed by atoms with E-state index < -0.39 is 0 Å². The van der Waals surface area contributed by atoms with Gasteiger partial charge in [0.25, 0.3) is 11.8 Å². The molecule has 1 amide bonds. The molecule has 0 unspecified atom stereocenters. The highest BCUT2D eigenvalue weighted by atomic mass is 32.1. The number of ether oxygens (including phenoxy) is 2. The third-order valence-corrected chi connectivity index (χ3v) is 4.75. The molecule has 4 aromatic rings. The van der Waals surface area contributed by atoms with E-state index >= 15 is 0 Å². The second kappa shape index (κ2) is 9.25. The molecule has 2 heterocycles.